The van der Waals surface area contributed by atoms with Gasteiger partial charge in [0.1, 0.15) is 5.75 Å². The van der Waals surface area contributed by atoms with Gasteiger partial charge in [-0.05, 0) is 30.3 Å². The van der Waals surface area contributed by atoms with Crippen LogP contribution in [0.3, 0.4) is 0 Å². The number of nitrogens with zero attached hydrogens (tertiary/aromatic N) is 2. The molecular formula is C20H23N3O6S. The second kappa shape index (κ2) is 9.99. The van der Waals surface area contributed by atoms with Crippen LogP contribution in [0, 0.1) is 10.1 Å². The van der Waals surface area contributed by atoms with Gasteiger partial charge in [-0.1, -0.05) is 26.0 Å². The Labute approximate surface area is 175 Å². The highest BCUT2D eigenvalue weighted by molar-refractivity contribution is 7.89. The van der Waals surface area contributed by atoms with E-state index in [0.29, 0.717) is 13.1 Å². The van der Waals surface area contributed by atoms with Gasteiger partial charge < -0.3 is 10.1 Å². The van der Waals surface area contributed by atoms with Crippen molar-refractivity contribution in [2.75, 3.05) is 25.5 Å². The molecule has 0 fully saturated rings. The van der Waals surface area contributed by atoms with E-state index in [4.69, 9.17) is 4.74 Å². The molecule has 0 aliphatic carbocycles. The van der Waals surface area contributed by atoms with Crippen LogP contribution in [0.25, 0.3) is 6.08 Å². The van der Waals surface area contributed by atoms with E-state index < -0.39 is 20.9 Å². The van der Waals surface area contributed by atoms with E-state index in [1.54, 1.807) is 19.9 Å². The fraction of sp³-hybridized carbons (Fsp3) is 0.250. The van der Waals surface area contributed by atoms with E-state index >= 15 is 0 Å². The Morgan fingerprint density at radius 3 is 2.47 bits per heavy atom. The first-order valence-electron chi connectivity index (χ1n) is 9.15. The van der Waals surface area contributed by atoms with Crippen molar-refractivity contribution in [2.45, 2.75) is 18.7 Å². The van der Waals surface area contributed by atoms with E-state index in [9.17, 15) is 23.3 Å². The largest absolute Gasteiger partial charge is 0.495 e. The first-order valence-corrected chi connectivity index (χ1v) is 10.6. The Bertz CT molecular complexity index is 1060. The number of amides is 1. The number of hydrogen-bond acceptors (Lipinski definition) is 6. The Balaban J connectivity index is 2.31. The Kier molecular flexibility index (Phi) is 7.67. The molecule has 0 saturated carbocycles. The van der Waals surface area contributed by atoms with Gasteiger partial charge in [-0.15, -0.1) is 0 Å². The Morgan fingerprint density at radius 1 is 1.20 bits per heavy atom. The molecule has 2 rings (SSSR count). The second-order valence-corrected chi connectivity index (χ2v) is 8.03. The number of carbonyl (C=O) groups excluding carboxylic acids is 1. The molecule has 10 heteroatoms. The van der Waals surface area contributed by atoms with Gasteiger partial charge in [0.25, 0.3) is 5.69 Å². The van der Waals surface area contributed by atoms with Crippen LogP contribution in [-0.4, -0.2) is 43.8 Å². The topological polar surface area (TPSA) is 119 Å². The number of carbonyl (C=O) groups is 1. The van der Waals surface area contributed by atoms with Crippen LogP contribution in [-0.2, 0) is 14.8 Å². The summed E-state index contributed by atoms with van der Waals surface area (Å²) < 4.78 is 32.0. The molecule has 0 aliphatic rings. The van der Waals surface area contributed by atoms with Crippen LogP contribution in [0.4, 0.5) is 11.4 Å². The van der Waals surface area contributed by atoms with Crippen molar-refractivity contribution in [1.29, 1.82) is 0 Å². The smallest absolute Gasteiger partial charge is 0.276 e. The summed E-state index contributed by atoms with van der Waals surface area (Å²) >= 11 is 0. The van der Waals surface area contributed by atoms with E-state index in [0.717, 1.165) is 6.08 Å². The molecule has 2 aromatic carbocycles. The van der Waals surface area contributed by atoms with E-state index in [1.807, 2.05) is 0 Å². The number of rotatable bonds is 9. The van der Waals surface area contributed by atoms with E-state index in [1.165, 1.54) is 53.9 Å². The van der Waals surface area contributed by atoms with Gasteiger partial charge in [-0.25, -0.2) is 8.42 Å². The molecule has 2 aromatic rings. The number of nitro groups is 1. The normalized spacial score (nSPS) is 11.6. The number of methoxy groups -OCH3 is 1. The van der Waals surface area contributed by atoms with Crippen molar-refractivity contribution in [2.24, 2.45) is 0 Å². The lowest BCUT2D eigenvalue weighted by molar-refractivity contribution is -0.385. The molecule has 0 aromatic heterocycles. The van der Waals surface area contributed by atoms with Gasteiger partial charge in [-0.3, -0.25) is 14.9 Å². The molecule has 0 bridgehead atoms. The zero-order valence-corrected chi connectivity index (χ0v) is 17.7. The third-order valence-corrected chi connectivity index (χ3v) is 6.37. The molecule has 0 spiro atoms. The van der Waals surface area contributed by atoms with Gasteiger partial charge in [0.05, 0.1) is 28.2 Å². The van der Waals surface area contributed by atoms with E-state index in [2.05, 4.69) is 5.32 Å². The second-order valence-electron chi connectivity index (χ2n) is 6.09. The minimum atomic E-state index is -3.72. The van der Waals surface area contributed by atoms with Crippen molar-refractivity contribution < 1.29 is 22.9 Å². The maximum Gasteiger partial charge on any atom is 0.276 e. The SMILES string of the molecule is CCN(CC)S(=O)(=O)c1ccc(OC)c(NC(=O)/C=C/c2ccccc2[N+](=O)[O-])c1. The predicted molar refractivity (Wildman–Crippen MR) is 114 cm³/mol. The third kappa shape index (κ3) is 5.22. The van der Waals surface area contributed by atoms with Crippen LogP contribution in [0.1, 0.15) is 19.4 Å². The lowest BCUT2D eigenvalue weighted by Gasteiger charge is -2.19. The van der Waals surface area contributed by atoms with Crippen molar-refractivity contribution in [3.8, 4) is 5.75 Å². The highest BCUT2D eigenvalue weighted by Crippen LogP contribution is 2.29. The first-order chi connectivity index (χ1) is 14.2. The molecule has 0 heterocycles. The molecule has 0 aliphatic heterocycles. The van der Waals surface area contributed by atoms with Crippen molar-refractivity contribution in [1.82, 2.24) is 4.31 Å². The maximum absolute atomic E-state index is 12.7. The third-order valence-electron chi connectivity index (χ3n) is 4.32. The molecule has 0 unspecified atom stereocenters. The van der Waals surface area contributed by atoms with Crippen molar-refractivity contribution in [3.05, 3.63) is 64.2 Å². The monoisotopic (exact) mass is 433 g/mol. The minimum Gasteiger partial charge on any atom is -0.495 e. The fourth-order valence-electron chi connectivity index (χ4n) is 2.79. The zero-order chi connectivity index (χ0) is 22.3. The standard InChI is InChI=1S/C20H23N3O6S/c1-4-22(5-2)30(27,28)16-11-12-19(29-3)17(14-16)21-20(24)13-10-15-8-6-7-9-18(15)23(25)26/h6-14H,4-5H2,1-3H3,(H,21,24)/b13-10+. The fourth-order valence-corrected chi connectivity index (χ4v) is 4.28. The van der Waals surface area contributed by atoms with Gasteiger partial charge in [0.15, 0.2) is 0 Å². The molecule has 0 saturated heterocycles. The van der Waals surface area contributed by atoms with Crippen LogP contribution in [0.2, 0.25) is 0 Å². The van der Waals surface area contributed by atoms with Gasteiger partial charge in [-0.2, -0.15) is 4.31 Å². The number of hydrogen-bond donors (Lipinski definition) is 1. The summed E-state index contributed by atoms with van der Waals surface area (Å²) in [5, 5.41) is 13.6. The number of anilines is 1. The summed E-state index contributed by atoms with van der Waals surface area (Å²) in [7, 11) is -2.33. The number of nitrogens with one attached hydrogen (secondary N) is 1. The first kappa shape index (κ1) is 23.0. The summed E-state index contributed by atoms with van der Waals surface area (Å²) in [6.45, 7) is 4.10. The number of benzene rings is 2. The van der Waals surface area contributed by atoms with Gasteiger partial charge in [0.2, 0.25) is 15.9 Å². The molecular weight excluding hydrogens is 410 g/mol. The van der Waals surface area contributed by atoms with Gasteiger partial charge >= 0.3 is 0 Å². The zero-order valence-electron chi connectivity index (χ0n) is 16.9. The Morgan fingerprint density at radius 2 is 1.87 bits per heavy atom. The number of ether oxygens (including phenoxy) is 1. The highest BCUT2D eigenvalue weighted by Gasteiger charge is 2.23. The van der Waals surface area contributed by atoms with Crippen LogP contribution >= 0.6 is 0 Å². The van der Waals surface area contributed by atoms with Crippen LogP contribution in [0.15, 0.2) is 53.4 Å². The highest BCUT2D eigenvalue weighted by atomic mass is 32.2. The molecule has 160 valence electrons. The molecule has 0 atom stereocenters. The summed E-state index contributed by atoms with van der Waals surface area (Å²) in [5.74, 6) is -0.315. The van der Waals surface area contributed by atoms with E-state index in [-0.39, 0.29) is 27.6 Å². The quantitative estimate of drug-likeness (QED) is 0.368. The average Bonchev–Trinajstić information content (AvgIpc) is 2.73. The van der Waals surface area contributed by atoms with Crippen LogP contribution in [0.5, 0.6) is 5.75 Å². The molecule has 1 N–H and O–H groups in total. The number of nitro benzene ring substituents is 1. The number of sulfonamides is 1. The van der Waals surface area contributed by atoms with Gasteiger partial charge in [0, 0.05) is 25.2 Å². The lowest BCUT2D eigenvalue weighted by atomic mass is 10.1. The Hall–Kier alpha value is -3.24. The summed E-state index contributed by atoms with van der Waals surface area (Å²) in [5.41, 5.74) is 0.303. The summed E-state index contributed by atoms with van der Waals surface area (Å²) in [6.07, 6.45) is 2.45. The van der Waals surface area contributed by atoms with Crippen molar-refractivity contribution in [3.63, 3.8) is 0 Å². The molecule has 30 heavy (non-hydrogen) atoms. The molecule has 9 nitrogen and oxygen atoms in total. The predicted octanol–water partition coefficient (Wildman–Crippen LogP) is 3.29. The van der Waals surface area contributed by atoms with Crippen LogP contribution < -0.4 is 10.1 Å². The molecule has 0 radical (unpaired) electrons. The van der Waals surface area contributed by atoms with Crippen molar-refractivity contribution >= 4 is 33.4 Å². The minimum absolute atomic E-state index is 0.0185. The summed E-state index contributed by atoms with van der Waals surface area (Å²) in [6, 6.07) is 10.2. The maximum atomic E-state index is 12.7. The summed E-state index contributed by atoms with van der Waals surface area (Å²) in [4.78, 5) is 22.9. The lowest BCUT2D eigenvalue weighted by Crippen LogP contribution is -2.30. The molecule has 1 amide bonds. The number of para-hydroxylation sites is 1. The average molecular weight is 433 g/mol.